The summed E-state index contributed by atoms with van der Waals surface area (Å²) in [6.45, 7) is 20.8. The molecular formula is C138H104F4N4. The Morgan fingerprint density at radius 3 is 0.541 bits per heavy atom. The van der Waals surface area contributed by atoms with Crippen molar-refractivity contribution in [3.63, 3.8) is 0 Å². The number of benzene rings is 24. The van der Waals surface area contributed by atoms with Gasteiger partial charge in [-0.25, -0.2) is 17.6 Å². The summed E-state index contributed by atoms with van der Waals surface area (Å²) in [5, 5.41) is 12.5. The molecule has 704 valence electrons. The van der Waals surface area contributed by atoms with Crippen molar-refractivity contribution in [3.05, 3.63) is 528 Å². The SMILES string of the molecule is Cc1cccc(-c2cc(-c3cccc(C)c3)cc(N(c3ccc(C)cc3F)c3ccc4ccc5c(N(c6cc(-c7cccc(C)c7)cc(-c7cccc(C)c7)c6)c6ccc(C)cc6F)ccc6ccc3c4c65)c2)c1.Cc1cccc(-c2cc(-c3cccc(C)c3)cc(N(c3cccc(F)c3)c3ccc4ccc5c(N(c6cccc(F)c6)c6cc(-c7cccc(C)c7)cc(-c7cccc(C)c7)c6)ccc6ccc3c4c65)c2)c1. The molecule has 4 nitrogen and oxygen atoms in total. The minimum Gasteiger partial charge on any atom is -0.310 e. The normalized spacial score (nSPS) is 11.5. The van der Waals surface area contributed by atoms with Gasteiger partial charge in [0, 0.05) is 55.7 Å². The van der Waals surface area contributed by atoms with Crippen LogP contribution < -0.4 is 19.6 Å². The maximum absolute atomic E-state index is 17.0. The van der Waals surface area contributed by atoms with Gasteiger partial charge in [-0.3, -0.25) is 0 Å². The van der Waals surface area contributed by atoms with Gasteiger partial charge >= 0.3 is 0 Å². The second kappa shape index (κ2) is 38.3. The van der Waals surface area contributed by atoms with Crippen LogP contribution in [0.2, 0.25) is 0 Å². The van der Waals surface area contributed by atoms with Gasteiger partial charge < -0.3 is 19.6 Å². The molecule has 0 aromatic heterocycles. The standard InChI is InChI=1S/C70H54F2N2.C68H50F2N2/c1-43-11-7-15-51(31-43)55-37-56(52-16-8-12-44(2)32-52)40-59(39-55)73(67-27-19-47(5)35-63(67)71)65-29-23-49-22-26-62-66(30-24-50-21-25-61(65)69(49)70(50)62)74(68-28-20-48(6)36-64(68)72)60-41-57(53-17-9-13-45(3)33-53)38-58(42-60)54-18-10-14-46(4)34-54;1-43-11-5-15-49(31-43)53-35-54(50-16-6-12-44(2)32-50)38-61(37-53)71(59-21-9-19-57(69)41-59)65-29-25-47-24-28-64-66(30-26-48-23-27-63(65)67(47)68(48)64)72(60-22-10-20-58(70)42-60)62-39-55(51-17-7-13-45(3)33-51)36-56(40-62)52-18-8-14-46(4)34-52/h7-42H,1-6H3;5-42H,1-4H3. The van der Waals surface area contributed by atoms with Crippen molar-refractivity contribution in [2.24, 2.45) is 0 Å². The van der Waals surface area contributed by atoms with Crippen LogP contribution in [0, 0.1) is 92.5 Å². The number of rotatable bonds is 20. The molecule has 8 heteroatoms. The number of anilines is 12. The van der Waals surface area contributed by atoms with Crippen molar-refractivity contribution in [2.45, 2.75) is 69.2 Å². The molecule has 0 aliphatic carbocycles. The fraction of sp³-hybridized carbons (Fsp3) is 0.0725. The Morgan fingerprint density at radius 2 is 0.329 bits per heavy atom. The minimum atomic E-state index is -0.317. The molecule has 0 radical (unpaired) electrons. The first-order chi connectivity index (χ1) is 71.0. The largest absolute Gasteiger partial charge is 0.310 e. The van der Waals surface area contributed by atoms with Crippen LogP contribution in [0.1, 0.15) is 55.6 Å². The van der Waals surface area contributed by atoms with Crippen LogP contribution in [0.3, 0.4) is 0 Å². The van der Waals surface area contributed by atoms with Crippen LogP contribution in [0.4, 0.5) is 85.8 Å². The van der Waals surface area contributed by atoms with E-state index >= 15 is 17.6 Å². The van der Waals surface area contributed by atoms with E-state index in [1.807, 2.05) is 50.2 Å². The highest BCUT2D eigenvalue weighted by Crippen LogP contribution is 2.55. The van der Waals surface area contributed by atoms with Gasteiger partial charge in [-0.1, -0.05) is 336 Å². The molecule has 24 rings (SSSR count). The molecular weight excluding hydrogens is 1790 g/mol. The zero-order valence-corrected chi connectivity index (χ0v) is 83.0. The third-order valence-electron chi connectivity index (χ3n) is 28.5. The summed E-state index contributed by atoms with van der Waals surface area (Å²) in [4.78, 5) is 8.60. The summed E-state index contributed by atoms with van der Waals surface area (Å²) in [6, 6.07) is 155. The molecule has 0 saturated carbocycles. The predicted molar refractivity (Wildman–Crippen MR) is 610 cm³/mol. The number of nitrogens with zero attached hydrogens (tertiary/aromatic N) is 4. The Balaban J connectivity index is 0.000000161. The van der Waals surface area contributed by atoms with Crippen LogP contribution in [-0.4, -0.2) is 0 Å². The molecule has 0 atom stereocenters. The van der Waals surface area contributed by atoms with Crippen molar-refractivity contribution in [3.8, 4) is 89.0 Å². The molecule has 0 N–H and O–H groups in total. The monoisotopic (exact) mass is 1890 g/mol. The quantitative estimate of drug-likeness (QED) is 0.0557. The lowest BCUT2D eigenvalue weighted by Gasteiger charge is -2.30. The average Bonchev–Trinajstić information content (AvgIpc) is 0.719. The van der Waals surface area contributed by atoms with E-state index < -0.39 is 0 Å². The van der Waals surface area contributed by atoms with Gasteiger partial charge in [0.15, 0.2) is 0 Å². The fourth-order valence-corrected chi connectivity index (χ4v) is 21.7. The zero-order chi connectivity index (χ0) is 99.8. The molecule has 146 heavy (non-hydrogen) atoms. The van der Waals surface area contributed by atoms with Crippen LogP contribution in [0.25, 0.3) is 154 Å². The predicted octanol–water partition coefficient (Wildman–Crippen LogP) is 40.0. The summed E-state index contributed by atoms with van der Waals surface area (Å²) in [6.07, 6.45) is 0. The molecule has 24 aromatic rings. The number of aryl methyl sites for hydroxylation is 10. The maximum Gasteiger partial charge on any atom is 0.147 e. The molecule has 0 aliphatic rings. The summed E-state index contributed by atoms with van der Waals surface area (Å²) < 4.78 is 65.2. The van der Waals surface area contributed by atoms with Crippen molar-refractivity contribution < 1.29 is 17.6 Å². The molecule has 0 heterocycles. The lowest BCUT2D eigenvalue weighted by Crippen LogP contribution is -2.13. The van der Waals surface area contributed by atoms with E-state index in [4.69, 9.17) is 0 Å². The minimum absolute atomic E-state index is 0.315. The third kappa shape index (κ3) is 18.0. The molecule has 0 saturated heterocycles. The van der Waals surface area contributed by atoms with E-state index in [2.05, 4.69) is 439 Å². The summed E-state index contributed by atoms with van der Waals surface area (Å²) >= 11 is 0. The second-order valence-electron chi connectivity index (χ2n) is 39.4. The number of halogens is 4. The number of hydrogen-bond acceptors (Lipinski definition) is 4. The van der Waals surface area contributed by atoms with Gasteiger partial charge in [0.2, 0.25) is 0 Å². The summed E-state index contributed by atoms with van der Waals surface area (Å²) in [5.41, 5.74) is 37.4. The van der Waals surface area contributed by atoms with Crippen LogP contribution >= 0.6 is 0 Å². The molecule has 0 fully saturated rings. The van der Waals surface area contributed by atoms with Crippen molar-refractivity contribution >= 4 is 133 Å². The highest BCUT2D eigenvalue weighted by atomic mass is 19.1. The first-order valence-corrected chi connectivity index (χ1v) is 49.8. The van der Waals surface area contributed by atoms with Gasteiger partial charge in [0.1, 0.15) is 23.3 Å². The van der Waals surface area contributed by atoms with Gasteiger partial charge in [-0.05, 0) is 370 Å². The Hall–Kier alpha value is -17.7. The molecule has 0 unspecified atom stereocenters. The van der Waals surface area contributed by atoms with E-state index in [0.717, 1.165) is 233 Å². The Kier molecular flexibility index (Phi) is 24.1. The number of hydrogen-bond donors (Lipinski definition) is 0. The lowest BCUT2D eigenvalue weighted by molar-refractivity contribution is 0.627. The van der Waals surface area contributed by atoms with Crippen LogP contribution in [-0.2, 0) is 0 Å². The first-order valence-electron chi connectivity index (χ1n) is 49.8. The molecule has 0 spiro atoms. The van der Waals surface area contributed by atoms with Crippen LogP contribution in [0.5, 0.6) is 0 Å². The van der Waals surface area contributed by atoms with Gasteiger partial charge in [-0.15, -0.1) is 0 Å². The molecule has 0 aliphatic heterocycles. The Labute approximate surface area is 850 Å². The van der Waals surface area contributed by atoms with Crippen LogP contribution in [0.15, 0.2) is 449 Å². The zero-order valence-electron chi connectivity index (χ0n) is 83.0. The van der Waals surface area contributed by atoms with E-state index in [0.29, 0.717) is 22.7 Å². The second-order valence-corrected chi connectivity index (χ2v) is 39.4. The van der Waals surface area contributed by atoms with Gasteiger partial charge in [0.25, 0.3) is 0 Å². The highest BCUT2D eigenvalue weighted by Gasteiger charge is 2.30. The Bertz CT molecular complexity index is 8460. The highest BCUT2D eigenvalue weighted by molar-refractivity contribution is 6.30. The fourth-order valence-electron chi connectivity index (χ4n) is 21.7. The van der Waals surface area contributed by atoms with E-state index in [1.165, 1.54) is 34.4 Å². The van der Waals surface area contributed by atoms with Gasteiger partial charge in [-0.2, -0.15) is 0 Å². The van der Waals surface area contributed by atoms with Crippen molar-refractivity contribution in [1.82, 2.24) is 0 Å². The summed E-state index contributed by atoms with van der Waals surface area (Å²) in [5.74, 6) is -1.26. The topological polar surface area (TPSA) is 13.0 Å². The molecule has 0 amide bonds. The van der Waals surface area contributed by atoms with Crippen molar-refractivity contribution in [2.75, 3.05) is 19.6 Å². The van der Waals surface area contributed by atoms with E-state index in [-0.39, 0.29) is 23.3 Å². The smallest absolute Gasteiger partial charge is 0.147 e. The Morgan fingerprint density at radius 1 is 0.137 bits per heavy atom. The van der Waals surface area contributed by atoms with E-state index in [1.54, 1.807) is 36.4 Å². The third-order valence-corrected chi connectivity index (χ3v) is 28.5. The maximum atomic E-state index is 17.0. The first kappa shape index (κ1) is 92.0. The summed E-state index contributed by atoms with van der Waals surface area (Å²) in [7, 11) is 0. The van der Waals surface area contributed by atoms with Gasteiger partial charge in [0.05, 0.1) is 34.1 Å². The molecule has 0 bridgehead atoms. The lowest BCUT2D eigenvalue weighted by atomic mass is 9.91. The van der Waals surface area contributed by atoms with Crippen molar-refractivity contribution in [1.29, 1.82) is 0 Å². The van der Waals surface area contributed by atoms with E-state index in [9.17, 15) is 0 Å². The molecule has 24 aromatic carbocycles. The average molecular weight is 1890 g/mol.